The molecule has 0 aliphatic heterocycles. The van der Waals surface area contributed by atoms with Crippen molar-refractivity contribution < 1.29 is 4.79 Å². The molecule has 26 heavy (non-hydrogen) atoms. The van der Waals surface area contributed by atoms with Crippen LogP contribution in [-0.2, 0) is 6.54 Å². The van der Waals surface area contributed by atoms with E-state index in [-0.39, 0.29) is 12.3 Å². The van der Waals surface area contributed by atoms with Gasteiger partial charge in [-0.15, -0.1) is 0 Å². The minimum absolute atomic E-state index is 0.0138. The van der Waals surface area contributed by atoms with Crippen LogP contribution in [0.5, 0.6) is 0 Å². The van der Waals surface area contributed by atoms with Gasteiger partial charge in [0.25, 0.3) is 0 Å². The predicted octanol–water partition coefficient (Wildman–Crippen LogP) is 4.13. The molecule has 0 bridgehead atoms. The largest absolute Gasteiger partial charge is 0.292 e. The van der Waals surface area contributed by atoms with Crippen LogP contribution in [0.4, 0.5) is 0 Å². The van der Waals surface area contributed by atoms with Gasteiger partial charge in [-0.25, -0.2) is 9.67 Å². The second kappa shape index (κ2) is 7.32. The summed E-state index contributed by atoms with van der Waals surface area (Å²) in [6.45, 7) is 6.17. The van der Waals surface area contributed by atoms with Gasteiger partial charge < -0.3 is 0 Å². The first-order chi connectivity index (χ1) is 12.5. The fourth-order valence-corrected chi connectivity index (χ4v) is 2.75. The number of ketones is 1. The number of rotatable bonds is 5. The molecule has 2 aromatic carbocycles. The molecule has 0 N–H and O–H groups in total. The summed E-state index contributed by atoms with van der Waals surface area (Å²) in [6.07, 6.45) is 0. The molecular formula is C21H20N4O. The lowest BCUT2D eigenvalue weighted by Crippen LogP contribution is -2.13. The van der Waals surface area contributed by atoms with Crippen LogP contribution in [0.15, 0.2) is 48.5 Å². The number of aromatic nitrogens is 3. The highest BCUT2D eigenvalue weighted by molar-refractivity contribution is 5.96. The third-order valence-corrected chi connectivity index (χ3v) is 4.24. The topological polar surface area (TPSA) is 71.6 Å². The summed E-state index contributed by atoms with van der Waals surface area (Å²) in [5.41, 5.74) is 3.27. The van der Waals surface area contributed by atoms with Crippen molar-refractivity contribution in [2.45, 2.75) is 33.2 Å². The fourth-order valence-electron chi connectivity index (χ4n) is 2.75. The summed E-state index contributed by atoms with van der Waals surface area (Å²) in [5, 5.41) is 13.3. The minimum Gasteiger partial charge on any atom is -0.292 e. The molecule has 3 aromatic rings. The molecule has 0 radical (unpaired) electrons. The van der Waals surface area contributed by atoms with Crippen molar-refractivity contribution in [3.8, 4) is 17.5 Å². The highest BCUT2D eigenvalue weighted by Gasteiger charge is 2.15. The lowest BCUT2D eigenvalue weighted by atomic mass is 10.0. The number of carbonyl (C=O) groups is 1. The molecule has 130 valence electrons. The maximum atomic E-state index is 12.7. The second-order valence-electron chi connectivity index (χ2n) is 6.53. The summed E-state index contributed by atoms with van der Waals surface area (Å²) in [5.74, 6) is 1.65. The third kappa shape index (κ3) is 3.70. The van der Waals surface area contributed by atoms with Gasteiger partial charge in [-0.05, 0) is 42.7 Å². The van der Waals surface area contributed by atoms with Gasteiger partial charge in [0.1, 0.15) is 12.4 Å². The Balaban J connectivity index is 1.85. The standard InChI is InChI=1S/C21H20N4O/c1-14(2)17-8-10-18(11-9-17)20(26)13-25-21(23-15(3)24-25)19-6-4-16(12-22)5-7-19/h4-11,14H,13H2,1-3H3. The molecule has 0 spiro atoms. The van der Waals surface area contributed by atoms with Crippen molar-refractivity contribution in [1.29, 1.82) is 5.26 Å². The van der Waals surface area contributed by atoms with Gasteiger partial charge in [-0.1, -0.05) is 38.1 Å². The predicted molar refractivity (Wildman–Crippen MR) is 99.8 cm³/mol. The van der Waals surface area contributed by atoms with Gasteiger partial charge in [0.15, 0.2) is 11.6 Å². The van der Waals surface area contributed by atoms with E-state index in [1.165, 1.54) is 5.56 Å². The molecule has 5 heteroatoms. The molecule has 0 aliphatic carbocycles. The summed E-state index contributed by atoms with van der Waals surface area (Å²) >= 11 is 0. The van der Waals surface area contributed by atoms with Crippen molar-refractivity contribution in [2.75, 3.05) is 0 Å². The first-order valence-corrected chi connectivity index (χ1v) is 8.53. The van der Waals surface area contributed by atoms with E-state index in [2.05, 4.69) is 30.0 Å². The fraction of sp³-hybridized carbons (Fsp3) is 0.238. The number of aryl methyl sites for hydroxylation is 1. The van der Waals surface area contributed by atoms with E-state index in [4.69, 9.17) is 5.26 Å². The molecule has 3 rings (SSSR count). The van der Waals surface area contributed by atoms with E-state index in [1.54, 1.807) is 23.7 Å². The lowest BCUT2D eigenvalue weighted by Gasteiger charge is -2.08. The molecular weight excluding hydrogens is 324 g/mol. The second-order valence-corrected chi connectivity index (χ2v) is 6.53. The van der Waals surface area contributed by atoms with E-state index >= 15 is 0 Å². The Kier molecular flexibility index (Phi) is 4.94. The van der Waals surface area contributed by atoms with Crippen molar-refractivity contribution in [2.24, 2.45) is 0 Å². The van der Waals surface area contributed by atoms with Crippen molar-refractivity contribution in [3.05, 3.63) is 71.0 Å². The Morgan fingerprint density at radius 2 is 1.77 bits per heavy atom. The number of Topliss-reactive ketones (excluding diaryl/α,β-unsaturated/α-hetero) is 1. The Labute approximate surface area is 152 Å². The highest BCUT2D eigenvalue weighted by atomic mass is 16.1. The Bertz CT molecular complexity index is 961. The number of carbonyl (C=O) groups excluding carboxylic acids is 1. The molecule has 0 unspecified atom stereocenters. The third-order valence-electron chi connectivity index (χ3n) is 4.24. The van der Waals surface area contributed by atoms with Crippen molar-refractivity contribution in [3.63, 3.8) is 0 Å². The maximum absolute atomic E-state index is 12.7. The van der Waals surface area contributed by atoms with Crippen LogP contribution in [0.3, 0.4) is 0 Å². The average molecular weight is 344 g/mol. The van der Waals surface area contributed by atoms with Crippen LogP contribution < -0.4 is 0 Å². The van der Waals surface area contributed by atoms with E-state index in [0.29, 0.717) is 28.7 Å². The summed E-state index contributed by atoms with van der Waals surface area (Å²) < 4.78 is 1.62. The monoisotopic (exact) mass is 344 g/mol. The average Bonchev–Trinajstić information content (AvgIpc) is 3.02. The SMILES string of the molecule is Cc1nc(-c2ccc(C#N)cc2)n(CC(=O)c2ccc(C(C)C)cc2)n1. The van der Waals surface area contributed by atoms with Gasteiger partial charge in [-0.3, -0.25) is 4.79 Å². The lowest BCUT2D eigenvalue weighted by molar-refractivity contribution is 0.0968. The molecule has 5 nitrogen and oxygen atoms in total. The summed E-state index contributed by atoms with van der Waals surface area (Å²) in [6, 6.07) is 16.9. The number of nitrogens with zero attached hydrogens (tertiary/aromatic N) is 4. The summed E-state index contributed by atoms with van der Waals surface area (Å²) in [7, 11) is 0. The zero-order chi connectivity index (χ0) is 18.7. The number of benzene rings is 2. The molecule has 0 saturated heterocycles. The van der Waals surface area contributed by atoms with Crippen LogP contribution in [0.25, 0.3) is 11.4 Å². The normalized spacial score (nSPS) is 10.7. The van der Waals surface area contributed by atoms with Gasteiger partial charge in [0.05, 0.1) is 11.6 Å². The smallest absolute Gasteiger partial charge is 0.184 e. The maximum Gasteiger partial charge on any atom is 0.184 e. The minimum atomic E-state index is -0.0138. The number of hydrogen-bond donors (Lipinski definition) is 0. The molecule has 1 aromatic heterocycles. The van der Waals surface area contributed by atoms with Gasteiger partial charge in [-0.2, -0.15) is 10.4 Å². The molecule has 0 saturated carbocycles. The van der Waals surface area contributed by atoms with E-state index < -0.39 is 0 Å². The van der Waals surface area contributed by atoms with Crippen LogP contribution >= 0.6 is 0 Å². The number of hydrogen-bond acceptors (Lipinski definition) is 4. The van der Waals surface area contributed by atoms with Gasteiger partial charge >= 0.3 is 0 Å². The van der Waals surface area contributed by atoms with Crippen molar-refractivity contribution in [1.82, 2.24) is 14.8 Å². The first kappa shape index (κ1) is 17.6. The van der Waals surface area contributed by atoms with E-state index in [0.717, 1.165) is 5.56 Å². The first-order valence-electron chi connectivity index (χ1n) is 8.53. The van der Waals surface area contributed by atoms with Crippen LogP contribution in [0, 0.1) is 18.3 Å². The molecule has 0 atom stereocenters. The van der Waals surface area contributed by atoms with Gasteiger partial charge in [0, 0.05) is 11.1 Å². The molecule has 0 aliphatic rings. The Hall–Kier alpha value is -3.26. The van der Waals surface area contributed by atoms with Crippen LogP contribution in [0.2, 0.25) is 0 Å². The quantitative estimate of drug-likeness (QED) is 0.652. The zero-order valence-corrected chi connectivity index (χ0v) is 15.1. The molecule has 0 fully saturated rings. The summed E-state index contributed by atoms with van der Waals surface area (Å²) in [4.78, 5) is 17.1. The van der Waals surface area contributed by atoms with Crippen molar-refractivity contribution >= 4 is 5.78 Å². The zero-order valence-electron chi connectivity index (χ0n) is 15.1. The Morgan fingerprint density at radius 1 is 1.12 bits per heavy atom. The molecule has 0 amide bonds. The number of nitriles is 1. The van der Waals surface area contributed by atoms with Crippen LogP contribution in [0.1, 0.15) is 47.1 Å². The van der Waals surface area contributed by atoms with Crippen LogP contribution in [-0.4, -0.2) is 20.5 Å². The van der Waals surface area contributed by atoms with E-state index in [1.807, 2.05) is 36.4 Å². The van der Waals surface area contributed by atoms with Gasteiger partial charge in [0.2, 0.25) is 0 Å². The molecule has 1 heterocycles. The Morgan fingerprint density at radius 3 is 2.35 bits per heavy atom. The highest BCUT2D eigenvalue weighted by Crippen LogP contribution is 2.19. The van der Waals surface area contributed by atoms with E-state index in [9.17, 15) is 4.79 Å².